The number of benzene rings is 2. The van der Waals surface area contributed by atoms with Crippen LogP contribution in [0.5, 0.6) is 0 Å². The highest BCUT2D eigenvalue weighted by Gasteiger charge is 2.32. The van der Waals surface area contributed by atoms with Gasteiger partial charge in [0.1, 0.15) is 22.8 Å². The second-order valence-electron chi connectivity index (χ2n) is 8.07. The Kier molecular flexibility index (Phi) is 4.69. The van der Waals surface area contributed by atoms with E-state index in [0.29, 0.717) is 42.4 Å². The Balaban J connectivity index is 0.00000231. The number of fused-ring (bicyclic) bond motifs is 1. The van der Waals surface area contributed by atoms with Crippen LogP contribution in [-0.2, 0) is 6.42 Å². The normalized spacial score (nSPS) is 17.9. The van der Waals surface area contributed by atoms with Crippen molar-refractivity contribution in [1.82, 2.24) is 10.1 Å². The minimum atomic E-state index is -0.221. The zero-order valence-corrected chi connectivity index (χ0v) is 16.8. The fourth-order valence-corrected chi connectivity index (χ4v) is 4.44. The maximum Gasteiger partial charge on any atom is 0.259 e. The molecule has 154 valence electrons. The van der Waals surface area contributed by atoms with Gasteiger partial charge in [-0.2, -0.15) is 0 Å². The van der Waals surface area contributed by atoms with Gasteiger partial charge in [0, 0.05) is 32.2 Å². The molecule has 0 aliphatic carbocycles. The van der Waals surface area contributed by atoms with Crippen molar-refractivity contribution < 1.29 is 15.1 Å². The van der Waals surface area contributed by atoms with Gasteiger partial charge < -0.3 is 9.42 Å². The van der Waals surface area contributed by atoms with Crippen LogP contribution in [0.4, 0.5) is 10.1 Å². The van der Waals surface area contributed by atoms with Crippen molar-refractivity contribution in [3.05, 3.63) is 71.2 Å². The summed E-state index contributed by atoms with van der Waals surface area (Å²) in [6.45, 7) is 3.17. The second kappa shape index (κ2) is 7.52. The van der Waals surface area contributed by atoms with Gasteiger partial charge in [-0.3, -0.25) is 9.79 Å². The van der Waals surface area contributed by atoms with E-state index in [9.17, 15) is 9.18 Å². The van der Waals surface area contributed by atoms with E-state index >= 15 is 0 Å². The Labute approximate surface area is 175 Å². The summed E-state index contributed by atoms with van der Waals surface area (Å²) in [6.07, 6.45) is 2.45. The average Bonchev–Trinajstić information content (AvgIpc) is 3.46. The first kappa shape index (κ1) is 18.7. The fourth-order valence-electron chi connectivity index (χ4n) is 4.44. The highest BCUT2D eigenvalue weighted by Crippen LogP contribution is 2.32. The van der Waals surface area contributed by atoms with E-state index in [0.717, 1.165) is 35.4 Å². The summed E-state index contributed by atoms with van der Waals surface area (Å²) < 4.78 is 18.8. The van der Waals surface area contributed by atoms with Crippen LogP contribution in [-0.4, -0.2) is 34.8 Å². The van der Waals surface area contributed by atoms with E-state index in [4.69, 9.17) is 4.52 Å². The largest absolute Gasteiger partial charge is 0.360 e. The third-order valence-electron chi connectivity index (χ3n) is 5.94. The van der Waals surface area contributed by atoms with Crippen LogP contribution >= 0.6 is 0 Å². The standard InChI is InChI=1S/C24H22FN3O2.H2/c1-15-22(23(27-30-15)17-5-3-2-4-6-17)24(29)28-10-9-16(14-28)11-20-13-18-12-19(25)7-8-21(18)26-20;/h2-8,12,16H,9-11,13-14H2,1H3;1H/t16-;/m0./s1. The number of rotatable bonds is 4. The first-order valence-corrected chi connectivity index (χ1v) is 10.2. The Bertz CT molecular complexity index is 1140. The van der Waals surface area contributed by atoms with Gasteiger partial charge in [0.2, 0.25) is 0 Å². The molecule has 2 aliphatic rings. The number of aryl methyl sites for hydroxylation is 1. The number of likely N-dealkylation sites (tertiary alicyclic amines) is 1. The topological polar surface area (TPSA) is 58.7 Å². The van der Waals surface area contributed by atoms with Crippen molar-refractivity contribution in [2.75, 3.05) is 13.1 Å². The van der Waals surface area contributed by atoms with E-state index < -0.39 is 0 Å². The number of halogens is 1. The maximum atomic E-state index is 13.4. The molecular formula is C24H24FN3O2. The fraction of sp³-hybridized carbons (Fsp3) is 0.292. The predicted molar refractivity (Wildman–Crippen MR) is 115 cm³/mol. The summed E-state index contributed by atoms with van der Waals surface area (Å²) in [5.41, 5.74) is 4.90. The molecule has 3 aromatic rings. The lowest BCUT2D eigenvalue weighted by molar-refractivity contribution is 0.0786. The monoisotopic (exact) mass is 405 g/mol. The SMILES string of the molecule is Cc1onc(-c2ccccc2)c1C(=O)N1CC[C@@H](CC2=Nc3ccc(F)cc3C2)C1.[HH]. The smallest absolute Gasteiger partial charge is 0.259 e. The molecule has 5 rings (SSSR count). The van der Waals surface area contributed by atoms with Crippen LogP contribution in [0.25, 0.3) is 11.3 Å². The lowest BCUT2D eigenvalue weighted by Gasteiger charge is -2.17. The summed E-state index contributed by atoms with van der Waals surface area (Å²) in [5, 5.41) is 4.14. The van der Waals surface area contributed by atoms with E-state index in [-0.39, 0.29) is 13.2 Å². The van der Waals surface area contributed by atoms with Crippen molar-refractivity contribution in [3.63, 3.8) is 0 Å². The molecule has 0 bridgehead atoms. The van der Waals surface area contributed by atoms with Gasteiger partial charge in [0.05, 0.1) is 5.69 Å². The Morgan fingerprint density at radius 2 is 2.10 bits per heavy atom. The quantitative estimate of drug-likeness (QED) is 0.598. The summed E-state index contributed by atoms with van der Waals surface area (Å²) >= 11 is 0. The minimum Gasteiger partial charge on any atom is -0.360 e. The van der Waals surface area contributed by atoms with Crippen LogP contribution in [0.3, 0.4) is 0 Å². The average molecular weight is 405 g/mol. The molecule has 1 saturated heterocycles. The second-order valence-corrected chi connectivity index (χ2v) is 8.07. The van der Waals surface area contributed by atoms with Gasteiger partial charge in [-0.1, -0.05) is 35.5 Å². The van der Waals surface area contributed by atoms with Gasteiger partial charge in [0.25, 0.3) is 5.91 Å². The van der Waals surface area contributed by atoms with Gasteiger partial charge >= 0.3 is 0 Å². The highest BCUT2D eigenvalue weighted by molar-refractivity contribution is 6.01. The molecule has 0 N–H and O–H groups in total. The van der Waals surface area contributed by atoms with Crippen LogP contribution in [0.1, 0.15) is 35.9 Å². The summed E-state index contributed by atoms with van der Waals surface area (Å²) in [5.74, 6) is 0.641. The zero-order chi connectivity index (χ0) is 20.7. The first-order valence-electron chi connectivity index (χ1n) is 10.2. The van der Waals surface area contributed by atoms with Crippen LogP contribution in [0.2, 0.25) is 0 Å². The zero-order valence-electron chi connectivity index (χ0n) is 16.8. The lowest BCUT2D eigenvalue weighted by atomic mass is 9.98. The third-order valence-corrected chi connectivity index (χ3v) is 5.94. The number of nitrogens with zero attached hydrogens (tertiary/aromatic N) is 3. The molecule has 2 aromatic carbocycles. The molecule has 30 heavy (non-hydrogen) atoms. The number of hydrogen-bond acceptors (Lipinski definition) is 4. The lowest BCUT2D eigenvalue weighted by Crippen LogP contribution is -2.29. The van der Waals surface area contributed by atoms with E-state index in [1.807, 2.05) is 35.2 Å². The molecule has 1 atom stereocenters. The Hall–Kier alpha value is -3.28. The predicted octanol–water partition coefficient (Wildman–Crippen LogP) is 5.22. The summed E-state index contributed by atoms with van der Waals surface area (Å²) in [7, 11) is 0. The molecule has 6 heteroatoms. The molecule has 0 spiro atoms. The maximum absolute atomic E-state index is 13.4. The molecule has 5 nitrogen and oxygen atoms in total. The number of hydrogen-bond donors (Lipinski definition) is 0. The minimum absolute atomic E-state index is 0. The molecule has 0 saturated carbocycles. The Morgan fingerprint density at radius 3 is 2.93 bits per heavy atom. The van der Waals surface area contributed by atoms with Gasteiger partial charge in [0.15, 0.2) is 0 Å². The molecule has 1 amide bonds. The number of carbonyl (C=O) groups excluding carboxylic acids is 1. The van der Waals surface area contributed by atoms with Crippen molar-refractivity contribution in [2.45, 2.75) is 26.2 Å². The van der Waals surface area contributed by atoms with Gasteiger partial charge in [-0.15, -0.1) is 0 Å². The van der Waals surface area contributed by atoms with Crippen LogP contribution < -0.4 is 0 Å². The van der Waals surface area contributed by atoms with E-state index in [1.165, 1.54) is 6.07 Å². The number of aliphatic imine (C=N–C) groups is 1. The summed E-state index contributed by atoms with van der Waals surface area (Å²) in [4.78, 5) is 19.8. The number of carbonyl (C=O) groups is 1. The molecule has 0 unspecified atom stereocenters. The third kappa shape index (κ3) is 3.43. The molecule has 3 heterocycles. The van der Waals surface area contributed by atoms with Gasteiger partial charge in [-0.05, 0) is 49.4 Å². The molecule has 2 aliphatic heterocycles. The molecular weight excluding hydrogens is 381 g/mol. The van der Waals surface area contributed by atoms with Crippen molar-refractivity contribution in [2.24, 2.45) is 10.9 Å². The number of amides is 1. The van der Waals surface area contributed by atoms with E-state index in [2.05, 4.69) is 10.1 Å². The van der Waals surface area contributed by atoms with Gasteiger partial charge in [-0.25, -0.2) is 4.39 Å². The molecule has 0 radical (unpaired) electrons. The van der Waals surface area contributed by atoms with Crippen LogP contribution in [0.15, 0.2) is 58.0 Å². The number of aromatic nitrogens is 1. The first-order chi connectivity index (χ1) is 14.6. The van der Waals surface area contributed by atoms with Crippen molar-refractivity contribution in [3.8, 4) is 11.3 Å². The molecule has 1 fully saturated rings. The van der Waals surface area contributed by atoms with Crippen LogP contribution in [0, 0.1) is 18.7 Å². The van der Waals surface area contributed by atoms with Crippen molar-refractivity contribution in [1.29, 1.82) is 0 Å². The summed E-state index contributed by atoms with van der Waals surface area (Å²) in [6, 6.07) is 14.4. The van der Waals surface area contributed by atoms with Crippen molar-refractivity contribution >= 4 is 17.3 Å². The highest BCUT2D eigenvalue weighted by atomic mass is 19.1. The van der Waals surface area contributed by atoms with E-state index in [1.54, 1.807) is 19.1 Å². The Morgan fingerprint density at radius 1 is 1.27 bits per heavy atom. The molecule has 1 aromatic heterocycles.